The molecule has 5 aromatic rings. The second-order valence-corrected chi connectivity index (χ2v) is 8.46. The summed E-state index contributed by atoms with van der Waals surface area (Å²) in [7, 11) is 0. The molecule has 0 aliphatic heterocycles. The van der Waals surface area contributed by atoms with Gasteiger partial charge in [0.15, 0.2) is 0 Å². The molecule has 33 heavy (non-hydrogen) atoms. The first-order chi connectivity index (χ1) is 16.3. The maximum Gasteiger partial charge on any atom is 0.121 e. The molecule has 0 fully saturated rings. The van der Waals surface area contributed by atoms with Crippen LogP contribution >= 0.6 is 11.6 Å². The predicted molar refractivity (Wildman–Crippen MR) is 135 cm³/mol. The maximum atomic E-state index is 5.98. The maximum absolute atomic E-state index is 5.98. The number of para-hydroxylation sites is 2. The molecule has 4 heteroatoms. The van der Waals surface area contributed by atoms with E-state index in [1.54, 1.807) is 0 Å². The minimum atomic E-state index is 0.0528. The lowest BCUT2D eigenvalue weighted by Gasteiger charge is -2.20. The molecule has 164 valence electrons. The van der Waals surface area contributed by atoms with Crippen molar-refractivity contribution >= 4 is 22.6 Å². The Balaban J connectivity index is 1.48. The van der Waals surface area contributed by atoms with Crippen LogP contribution in [0.4, 0.5) is 0 Å². The summed E-state index contributed by atoms with van der Waals surface area (Å²) in [5, 5.41) is 0.713. The van der Waals surface area contributed by atoms with Crippen molar-refractivity contribution < 1.29 is 4.74 Å². The number of rotatable bonds is 8. The standard InChI is InChI=1S/C29H25ClN2O/c30-24-16-18-25(19-17-24)33-21-9-20-32-27-15-8-7-14-26(27)31-29(32)28(22-10-3-1-4-11-22)23-12-5-2-6-13-23/h1-8,10-19,28H,9,20-21H2. The molecule has 1 aromatic heterocycles. The van der Waals surface area contributed by atoms with Crippen LogP contribution in [-0.2, 0) is 6.54 Å². The van der Waals surface area contributed by atoms with Crippen molar-refractivity contribution in [2.24, 2.45) is 0 Å². The van der Waals surface area contributed by atoms with E-state index in [9.17, 15) is 0 Å². The van der Waals surface area contributed by atoms with E-state index in [1.165, 1.54) is 11.1 Å². The summed E-state index contributed by atoms with van der Waals surface area (Å²) in [6, 6.07) is 37.1. The molecule has 1 heterocycles. The molecule has 0 bridgehead atoms. The van der Waals surface area contributed by atoms with E-state index in [-0.39, 0.29) is 5.92 Å². The zero-order valence-electron chi connectivity index (χ0n) is 18.3. The third kappa shape index (κ3) is 4.79. The quantitative estimate of drug-likeness (QED) is 0.230. The van der Waals surface area contributed by atoms with Gasteiger partial charge in [-0.3, -0.25) is 0 Å². The molecule has 0 spiro atoms. The lowest BCUT2D eigenvalue weighted by Crippen LogP contribution is -2.13. The fourth-order valence-corrected chi connectivity index (χ4v) is 4.40. The zero-order chi connectivity index (χ0) is 22.5. The van der Waals surface area contributed by atoms with Crippen LogP contribution in [0.15, 0.2) is 109 Å². The highest BCUT2D eigenvalue weighted by Gasteiger charge is 2.23. The monoisotopic (exact) mass is 452 g/mol. The summed E-state index contributed by atoms with van der Waals surface area (Å²) in [4.78, 5) is 5.12. The van der Waals surface area contributed by atoms with Crippen LogP contribution < -0.4 is 4.74 Å². The molecule has 4 aromatic carbocycles. The number of halogens is 1. The number of aromatic nitrogens is 2. The minimum Gasteiger partial charge on any atom is -0.494 e. The number of nitrogens with zero attached hydrogens (tertiary/aromatic N) is 2. The summed E-state index contributed by atoms with van der Waals surface area (Å²) in [5.41, 5.74) is 4.63. The summed E-state index contributed by atoms with van der Waals surface area (Å²) in [5.74, 6) is 1.94. The van der Waals surface area contributed by atoms with E-state index < -0.39 is 0 Å². The number of benzene rings is 4. The van der Waals surface area contributed by atoms with Gasteiger partial charge >= 0.3 is 0 Å². The van der Waals surface area contributed by atoms with Gasteiger partial charge in [0, 0.05) is 11.6 Å². The first kappa shape index (κ1) is 21.3. The van der Waals surface area contributed by atoms with Gasteiger partial charge in [-0.25, -0.2) is 4.98 Å². The van der Waals surface area contributed by atoms with Crippen molar-refractivity contribution in [2.45, 2.75) is 18.9 Å². The number of imidazole rings is 1. The van der Waals surface area contributed by atoms with Gasteiger partial charge in [0.25, 0.3) is 0 Å². The summed E-state index contributed by atoms with van der Waals surface area (Å²) in [6.07, 6.45) is 0.867. The van der Waals surface area contributed by atoms with Crippen LogP contribution in [-0.4, -0.2) is 16.2 Å². The Morgan fingerprint density at radius 3 is 2.00 bits per heavy atom. The Morgan fingerprint density at radius 1 is 0.727 bits per heavy atom. The number of hydrogen-bond donors (Lipinski definition) is 0. The Hall–Kier alpha value is -3.56. The summed E-state index contributed by atoms with van der Waals surface area (Å²) in [6.45, 7) is 1.44. The minimum absolute atomic E-state index is 0.0528. The lowest BCUT2D eigenvalue weighted by atomic mass is 9.90. The predicted octanol–water partition coefficient (Wildman–Crippen LogP) is 7.34. The molecule has 0 aliphatic carbocycles. The molecular formula is C29H25ClN2O. The smallest absolute Gasteiger partial charge is 0.121 e. The fourth-order valence-electron chi connectivity index (χ4n) is 4.27. The molecule has 3 nitrogen and oxygen atoms in total. The third-order valence-corrected chi connectivity index (χ3v) is 6.07. The molecule has 0 amide bonds. The van der Waals surface area contributed by atoms with Crippen molar-refractivity contribution in [2.75, 3.05) is 6.61 Å². The average molecular weight is 453 g/mol. The van der Waals surface area contributed by atoms with Crippen molar-refractivity contribution in [3.63, 3.8) is 0 Å². The molecule has 0 saturated carbocycles. The van der Waals surface area contributed by atoms with Gasteiger partial charge in [-0.15, -0.1) is 0 Å². The molecule has 0 aliphatic rings. The molecule has 0 unspecified atom stereocenters. The van der Waals surface area contributed by atoms with Crippen LogP contribution in [0.2, 0.25) is 5.02 Å². The molecule has 5 rings (SSSR count). The molecule has 0 N–H and O–H groups in total. The van der Waals surface area contributed by atoms with Crippen molar-refractivity contribution in [1.82, 2.24) is 9.55 Å². The van der Waals surface area contributed by atoms with Crippen LogP contribution in [0.25, 0.3) is 11.0 Å². The van der Waals surface area contributed by atoms with E-state index in [0.29, 0.717) is 11.6 Å². The average Bonchev–Trinajstić information content (AvgIpc) is 3.22. The van der Waals surface area contributed by atoms with E-state index in [2.05, 4.69) is 83.4 Å². The zero-order valence-corrected chi connectivity index (χ0v) is 19.0. The van der Waals surface area contributed by atoms with Crippen molar-refractivity contribution in [3.8, 4) is 5.75 Å². The van der Waals surface area contributed by atoms with Gasteiger partial charge in [0.05, 0.1) is 23.6 Å². The van der Waals surface area contributed by atoms with Crippen LogP contribution in [0.1, 0.15) is 29.3 Å². The van der Waals surface area contributed by atoms with E-state index in [4.69, 9.17) is 21.3 Å². The fraction of sp³-hybridized carbons (Fsp3) is 0.138. The van der Waals surface area contributed by atoms with E-state index >= 15 is 0 Å². The first-order valence-electron chi connectivity index (χ1n) is 11.2. The Kier molecular flexibility index (Phi) is 6.41. The number of fused-ring (bicyclic) bond motifs is 1. The number of hydrogen-bond acceptors (Lipinski definition) is 2. The lowest BCUT2D eigenvalue weighted by molar-refractivity contribution is 0.301. The first-order valence-corrected chi connectivity index (χ1v) is 11.6. The van der Waals surface area contributed by atoms with Crippen LogP contribution in [0, 0.1) is 0 Å². The third-order valence-electron chi connectivity index (χ3n) is 5.82. The number of aryl methyl sites for hydroxylation is 1. The second kappa shape index (κ2) is 9.93. The molecule has 0 atom stereocenters. The van der Waals surface area contributed by atoms with Crippen molar-refractivity contribution in [1.29, 1.82) is 0 Å². The largest absolute Gasteiger partial charge is 0.494 e. The SMILES string of the molecule is Clc1ccc(OCCCn2c(C(c3ccccc3)c3ccccc3)nc3ccccc32)cc1. The highest BCUT2D eigenvalue weighted by Crippen LogP contribution is 2.33. The van der Waals surface area contributed by atoms with Gasteiger partial charge in [-0.05, 0) is 53.9 Å². The topological polar surface area (TPSA) is 27.1 Å². The molecular weight excluding hydrogens is 428 g/mol. The van der Waals surface area contributed by atoms with Crippen molar-refractivity contribution in [3.05, 3.63) is 131 Å². The van der Waals surface area contributed by atoms with Crippen LogP contribution in [0.3, 0.4) is 0 Å². The summed E-state index contributed by atoms with van der Waals surface area (Å²) < 4.78 is 8.30. The molecule has 0 radical (unpaired) electrons. The van der Waals surface area contributed by atoms with Gasteiger partial charge in [0.1, 0.15) is 11.6 Å². The van der Waals surface area contributed by atoms with Gasteiger partial charge in [0.2, 0.25) is 0 Å². The second-order valence-electron chi connectivity index (χ2n) is 8.02. The Labute approximate surface area is 199 Å². The van der Waals surface area contributed by atoms with E-state index in [1.807, 2.05) is 30.3 Å². The Morgan fingerprint density at radius 2 is 1.33 bits per heavy atom. The normalized spacial score (nSPS) is 11.2. The van der Waals surface area contributed by atoms with Crippen LogP contribution in [0.5, 0.6) is 5.75 Å². The highest BCUT2D eigenvalue weighted by molar-refractivity contribution is 6.30. The molecule has 0 saturated heterocycles. The summed E-state index contributed by atoms with van der Waals surface area (Å²) >= 11 is 5.98. The van der Waals surface area contributed by atoms with Gasteiger partial charge in [-0.1, -0.05) is 84.4 Å². The van der Waals surface area contributed by atoms with E-state index in [0.717, 1.165) is 35.6 Å². The van der Waals surface area contributed by atoms with Gasteiger partial charge in [-0.2, -0.15) is 0 Å². The number of ether oxygens (including phenoxy) is 1. The Bertz CT molecular complexity index is 1280. The highest BCUT2D eigenvalue weighted by atomic mass is 35.5. The van der Waals surface area contributed by atoms with Gasteiger partial charge < -0.3 is 9.30 Å².